The van der Waals surface area contributed by atoms with Crippen molar-refractivity contribution in [3.05, 3.63) is 27.9 Å². The van der Waals surface area contributed by atoms with E-state index in [0.717, 1.165) is 0 Å². The van der Waals surface area contributed by atoms with Gasteiger partial charge in [-0.2, -0.15) is 0 Å². The number of carbonyl (C=O) groups is 1. The summed E-state index contributed by atoms with van der Waals surface area (Å²) in [5, 5.41) is 19.8. The number of amides is 1. The van der Waals surface area contributed by atoms with Gasteiger partial charge in [-0.1, -0.05) is 0 Å². The zero-order chi connectivity index (χ0) is 14.9. The largest absolute Gasteiger partial charge is 0.465 e. The molecule has 8 nitrogen and oxygen atoms in total. The van der Waals surface area contributed by atoms with Crippen LogP contribution in [0.1, 0.15) is 12.6 Å². The molecule has 0 unspecified atom stereocenters. The normalized spacial score (nSPS) is 19.0. The zero-order valence-electron chi connectivity index (χ0n) is 11.3. The lowest BCUT2D eigenvalue weighted by molar-refractivity contribution is -0.385. The van der Waals surface area contributed by atoms with E-state index in [1.54, 1.807) is 13.0 Å². The minimum Gasteiger partial charge on any atom is -0.465 e. The summed E-state index contributed by atoms with van der Waals surface area (Å²) in [6.07, 6.45) is -0.926. The lowest BCUT2D eigenvalue weighted by Crippen LogP contribution is -2.53. The Hall–Kier alpha value is -2.38. The van der Waals surface area contributed by atoms with E-state index in [9.17, 15) is 14.9 Å². The van der Waals surface area contributed by atoms with Gasteiger partial charge in [0, 0.05) is 31.7 Å². The van der Waals surface area contributed by atoms with Crippen molar-refractivity contribution in [2.24, 2.45) is 0 Å². The molecule has 1 aromatic rings. The topological polar surface area (TPSA) is 99.8 Å². The van der Waals surface area contributed by atoms with Gasteiger partial charge in [0.05, 0.1) is 4.92 Å². The molecule has 0 aromatic carbocycles. The Balaban J connectivity index is 2.16. The van der Waals surface area contributed by atoms with E-state index < -0.39 is 11.0 Å². The van der Waals surface area contributed by atoms with Crippen LogP contribution in [0.3, 0.4) is 0 Å². The first-order valence-corrected chi connectivity index (χ1v) is 6.26. The smallest absolute Gasteiger partial charge is 0.407 e. The van der Waals surface area contributed by atoms with Gasteiger partial charge < -0.3 is 14.9 Å². The van der Waals surface area contributed by atoms with Crippen LogP contribution in [0.2, 0.25) is 0 Å². The number of aryl methyl sites for hydroxylation is 1. The highest BCUT2D eigenvalue weighted by Crippen LogP contribution is 2.22. The second-order valence-corrected chi connectivity index (χ2v) is 4.80. The van der Waals surface area contributed by atoms with Crippen molar-refractivity contribution in [1.82, 2.24) is 9.88 Å². The van der Waals surface area contributed by atoms with Gasteiger partial charge in [0.25, 0.3) is 5.69 Å². The van der Waals surface area contributed by atoms with Crippen molar-refractivity contribution in [1.29, 1.82) is 0 Å². The Morgan fingerprint density at radius 1 is 1.50 bits per heavy atom. The van der Waals surface area contributed by atoms with Gasteiger partial charge in [0.1, 0.15) is 11.5 Å². The van der Waals surface area contributed by atoms with Crippen LogP contribution in [-0.4, -0.2) is 51.7 Å². The predicted molar refractivity (Wildman–Crippen MR) is 72.0 cm³/mol. The number of hydrogen-bond donors (Lipinski definition) is 1. The molecule has 1 amide bonds. The van der Waals surface area contributed by atoms with Crippen molar-refractivity contribution in [2.45, 2.75) is 19.9 Å². The van der Waals surface area contributed by atoms with Crippen LogP contribution in [-0.2, 0) is 0 Å². The van der Waals surface area contributed by atoms with Gasteiger partial charge in [0.2, 0.25) is 0 Å². The van der Waals surface area contributed by atoms with Crippen LogP contribution in [0.4, 0.5) is 16.3 Å². The Morgan fingerprint density at radius 3 is 2.70 bits per heavy atom. The molecule has 1 aliphatic rings. The molecule has 1 saturated heterocycles. The standard InChI is InChI=1S/C12H16N4O4/c1-8-7-14(5-6-15(8)12(17)18)11-4-3-10(16(19)20)9(2)13-11/h3-4,8H,5-7H2,1-2H3,(H,17,18)/t8-/m0/s1. The number of nitro groups is 1. The van der Waals surface area contributed by atoms with Crippen LogP contribution < -0.4 is 4.90 Å². The maximum Gasteiger partial charge on any atom is 0.407 e. The molecular weight excluding hydrogens is 264 g/mol. The van der Waals surface area contributed by atoms with E-state index in [-0.39, 0.29) is 11.7 Å². The van der Waals surface area contributed by atoms with E-state index in [2.05, 4.69) is 4.98 Å². The molecule has 1 atom stereocenters. The number of rotatable bonds is 2. The molecule has 2 heterocycles. The number of piperazine rings is 1. The Kier molecular flexibility index (Phi) is 3.73. The average molecular weight is 280 g/mol. The third-order valence-electron chi connectivity index (χ3n) is 3.44. The summed E-state index contributed by atoms with van der Waals surface area (Å²) >= 11 is 0. The summed E-state index contributed by atoms with van der Waals surface area (Å²) in [6, 6.07) is 2.90. The van der Waals surface area contributed by atoms with Crippen LogP contribution in [0.25, 0.3) is 0 Å². The van der Waals surface area contributed by atoms with Crippen LogP contribution in [0, 0.1) is 17.0 Å². The van der Waals surface area contributed by atoms with Gasteiger partial charge >= 0.3 is 6.09 Å². The van der Waals surface area contributed by atoms with Crippen molar-refractivity contribution in [3.8, 4) is 0 Å². The second-order valence-electron chi connectivity index (χ2n) is 4.80. The Bertz CT molecular complexity index is 548. The number of aromatic nitrogens is 1. The molecular formula is C12H16N4O4. The fraction of sp³-hybridized carbons (Fsp3) is 0.500. The second kappa shape index (κ2) is 5.32. The number of pyridine rings is 1. The average Bonchev–Trinajstić information content (AvgIpc) is 2.37. The van der Waals surface area contributed by atoms with Crippen molar-refractivity contribution in [3.63, 3.8) is 0 Å². The SMILES string of the molecule is Cc1nc(N2CCN(C(=O)O)[C@@H](C)C2)ccc1[N+](=O)[O-]. The number of hydrogen-bond acceptors (Lipinski definition) is 5. The molecule has 1 aliphatic heterocycles. The molecule has 0 radical (unpaired) electrons. The van der Waals surface area contributed by atoms with E-state index in [0.29, 0.717) is 31.1 Å². The first-order chi connectivity index (χ1) is 9.40. The third-order valence-corrected chi connectivity index (χ3v) is 3.44. The fourth-order valence-corrected chi connectivity index (χ4v) is 2.36. The highest BCUT2D eigenvalue weighted by molar-refractivity contribution is 5.66. The lowest BCUT2D eigenvalue weighted by Gasteiger charge is -2.38. The molecule has 1 N–H and O–H groups in total. The summed E-state index contributed by atoms with van der Waals surface area (Å²) < 4.78 is 0. The van der Waals surface area contributed by atoms with Crippen molar-refractivity contribution >= 4 is 17.6 Å². The quantitative estimate of drug-likeness (QED) is 0.650. The molecule has 0 saturated carbocycles. The Morgan fingerprint density at radius 2 is 2.20 bits per heavy atom. The van der Waals surface area contributed by atoms with Crippen molar-refractivity contribution < 1.29 is 14.8 Å². The minimum atomic E-state index is -0.926. The molecule has 0 aliphatic carbocycles. The summed E-state index contributed by atoms with van der Waals surface area (Å²) in [7, 11) is 0. The Labute approximate surface area is 115 Å². The highest BCUT2D eigenvalue weighted by Gasteiger charge is 2.28. The molecule has 20 heavy (non-hydrogen) atoms. The first kappa shape index (κ1) is 14.0. The number of nitrogens with zero attached hydrogens (tertiary/aromatic N) is 4. The van der Waals surface area contributed by atoms with Crippen LogP contribution in [0.5, 0.6) is 0 Å². The molecule has 2 rings (SSSR count). The fourth-order valence-electron chi connectivity index (χ4n) is 2.36. The molecule has 1 fully saturated rings. The predicted octanol–water partition coefficient (Wildman–Crippen LogP) is 1.49. The molecule has 8 heteroatoms. The summed E-state index contributed by atoms with van der Waals surface area (Å²) in [5.41, 5.74) is 0.354. The van der Waals surface area contributed by atoms with Gasteiger partial charge in [0.15, 0.2) is 0 Å². The minimum absolute atomic E-state index is 0.00836. The molecule has 0 spiro atoms. The number of carboxylic acid groups (broad SMARTS) is 1. The maximum atomic E-state index is 11.0. The number of anilines is 1. The van der Waals surface area contributed by atoms with E-state index >= 15 is 0 Å². The monoisotopic (exact) mass is 280 g/mol. The van der Waals surface area contributed by atoms with Crippen LogP contribution >= 0.6 is 0 Å². The van der Waals surface area contributed by atoms with Crippen molar-refractivity contribution in [2.75, 3.05) is 24.5 Å². The molecule has 108 valence electrons. The maximum absolute atomic E-state index is 11.0. The lowest BCUT2D eigenvalue weighted by atomic mass is 10.2. The van der Waals surface area contributed by atoms with Gasteiger partial charge in [-0.3, -0.25) is 10.1 Å². The summed E-state index contributed by atoms with van der Waals surface area (Å²) in [5.74, 6) is 0.644. The van der Waals surface area contributed by atoms with E-state index in [1.165, 1.54) is 11.0 Å². The van der Waals surface area contributed by atoms with E-state index in [4.69, 9.17) is 5.11 Å². The van der Waals surface area contributed by atoms with Gasteiger partial charge in [-0.05, 0) is 19.9 Å². The third kappa shape index (κ3) is 2.63. The molecule has 0 bridgehead atoms. The van der Waals surface area contributed by atoms with Gasteiger partial charge in [-0.15, -0.1) is 0 Å². The summed E-state index contributed by atoms with van der Waals surface area (Å²) in [6.45, 7) is 4.88. The van der Waals surface area contributed by atoms with E-state index in [1.807, 2.05) is 11.8 Å². The van der Waals surface area contributed by atoms with Gasteiger partial charge in [-0.25, -0.2) is 9.78 Å². The summed E-state index contributed by atoms with van der Waals surface area (Å²) in [4.78, 5) is 28.9. The zero-order valence-corrected chi connectivity index (χ0v) is 11.3. The van der Waals surface area contributed by atoms with Crippen LogP contribution in [0.15, 0.2) is 12.1 Å². The molecule has 1 aromatic heterocycles. The highest BCUT2D eigenvalue weighted by atomic mass is 16.6. The first-order valence-electron chi connectivity index (χ1n) is 6.26.